The molecule has 0 radical (unpaired) electrons. The summed E-state index contributed by atoms with van der Waals surface area (Å²) in [5.74, 6) is 0.0740. The van der Waals surface area contributed by atoms with Gasteiger partial charge >= 0.3 is 0 Å². The number of ketones is 1. The SMILES string of the molecule is C=NOCC(=O)CCC. The topological polar surface area (TPSA) is 38.7 Å². The molecule has 9 heavy (non-hydrogen) atoms. The highest BCUT2D eigenvalue weighted by atomic mass is 16.6. The van der Waals surface area contributed by atoms with Crippen molar-refractivity contribution in [1.29, 1.82) is 0 Å². The van der Waals surface area contributed by atoms with Crippen molar-refractivity contribution < 1.29 is 9.63 Å². The highest BCUT2D eigenvalue weighted by Crippen LogP contribution is 1.89. The maximum absolute atomic E-state index is 10.6. The molecule has 0 N–H and O–H groups in total. The van der Waals surface area contributed by atoms with E-state index in [0.29, 0.717) is 6.42 Å². The summed E-state index contributed by atoms with van der Waals surface area (Å²) in [5, 5.41) is 3.09. The van der Waals surface area contributed by atoms with Crippen molar-refractivity contribution in [3.8, 4) is 0 Å². The average molecular weight is 129 g/mol. The molecule has 0 spiro atoms. The third kappa shape index (κ3) is 5.00. The number of hydrogen-bond acceptors (Lipinski definition) is 3. The third-order valence-corrected chi connectivity index (χ3v) is 0.846. The average Bonchev–Trinajstić information content (AvgIpc) is 1.85. The predicted molar refractivity (Wildman–Crippen MR) is 35.4 cm³/mol. The fraction of sp³-hybridized carbons (Fsp3) is 0.667. The third-order valence-electron chi connectivity index (χ3n) is 0.846. The van der Waals surface area contributed by atoms with Crippen molar-refractivity contribution in [3.05, 3.63) is 0 Å². The van der Waals surface area contributed by atoms with Crippen LogP contribution in [0.25, 0.3) is 0 Å². The van der Waals surface area contributed by atoms with Crippen LogP contribution in [0.1, 0.15) is 19.8 Å². The smallest absolute Gasteiger partial charge is 0.175 e. The van der Waals surface area contributed by atoms with Gasteiger partial charge in [0.25, 0.3) is 0 Å². The minimum Gasteiger partial charge on any atom is -0.388 e. The Labute approximate surface area is 54.7 Å². The molecular formula is C6H11NO2. The minimum absolute atomic E-state index is 0.0668. The van der Waals surface area contributed by atoms with Crippen LogP contribution < -0.4 is 0 Å². The molecular weight excluding hydrogens is 118 g/mol. The van der Waals surface area contributed by atoms with E-state index in [1.54, 1.807) is 0 Å². The molecule has 0 atom stereocenters. The summed E-state index contributed by atoms with van der Waals surface area (Å²) in [6.07, 6.45) is 1.43. The molecule has 3 heteroatoms. The van der Waals surface area contributed by atoms with Crippen LogP contribution in [0.2, 0.25) is 0 Å². The van der Waals surface area contributed by atoms with Gasteiger partial charge in [-0.1, -0.05) is 6.92 Å². The molecule has 0 aromatic heterocycles. The molecule has 0 aromatic carbocycles. The zero-order valence-corrected chi connectivity index (χ0v) is 5.59. The van der Waals surface area contributed by atoms with Gasteiger partial charge < -0.3 is 4.84 Å². The lowest BCUT2D eigenvalue weighted by atomic mass is 10.2. The number of carbonyl (C=O) groups excluding carboxylic acids is 1. The van der Waals surface area contributed by atoms with Crippen molar-refractivity contribution in [1.82, 2.24) is 0 Å². The molecule has 0 aliphatic carbocycles. The minimum atomic E-state index is 0.0668. The summed E-state index contributed by atoms with van der Waals surface area (Å²) in [4.78, 5) is 15.0. The lowest BCUT2D eigenvalue weighted by Gasteiger charge is -1.94. The molecule has 0 unspecified atom stereocenters. The normalized spacial score (nSPS) is 8.56. The fourth-order valence-electron chi connectivity index (χ4n) is 0.469. The second kappa shape index (κ2) is 5.28. The molecule has 0 heterocycles. The number of nitrogens with zero attached hydrogens (tertiary/aromatic N) is 1. The standard InChI is InChI=1S/C6H11NO2/c1-3-4-6(8)5-9-7-2/h2-5H2,1H3. The number of oxime groups is 1. The molecule has 0 fully saturated rings. The van der Waals surface area contributed by atoms with Crippen LogP contribution in [-0.2, 0) is 9.63 Å². The molecule has 0 bridgehead atoms. The first-order chi connectivity index (χ1) is 4.31. The van der Waals surface area contributed by atoms with Crippen molar-refractivity contribution in [2.75, 3.05) is 6.61 Å². The first-order valence-electron chi connectivity index (χ1n) is 2.91. The molecule has 0 aliphatic rings. The van der Waals surface area contributed by atoms with Gasteiger partial charge in [0.15, 0.2) is 12.4 Å². The summed E-state index contributed by atoms with van der Waals surface area (Å²) in [7, 11) is 0. The highest BCUT2D eigenvalue weighted by molar-refractivity contribution is 5.79. The fourth-order valence-corrected chi connectivity index (χ4v) is 0.469. The van der Waals surface area contributed by atoms with Crippen LogP contribution in [0.4, 0.5) is 0 Å². The van der Waals surface area contributed by atoms with E-state index < -0.39 is 0 Å². The number of Topliss-reactive ketones (excluding diaryl/α,β-unsaturated/α-hetero) is 1. The van der Waals surface area contributed by atoms with E-state index >= 15 is 0 Å². The summed E-state index contributed by atoms with van der Waals surface area (Å²) < 4.78 is 0. The Morgan fingerprint density at radius 2 is 2.44 bits per heavy atom. The van der Waals surface area contributed by atoms with Gasteiger partial charge in [-0.15, -0.1) is 5.16 Å². The monoisotopic (exact) mass is 129 g/mol. The molecule has 0 amide bonds. The van der Waals surface area contributed by atoms with Gasteiger partial charge in [0.2, 0.25) is 0 Å². The van der Waals surface area contributed by atoms with E-state index in [2.05, 4.69) is 16.7 Å². The Hall–Kier alpha value is -0.860. The Kier molecular flexibility index (Phi) is 4.78. The van der Waals surface area contributed by atoms with Crippen LogP contribution in [-0.4, -0.2) is 19.1 Å². The molecule has 0 rings (SSSR count). The first-order valence-corrected chi connectivity index (χ1v) is 2.91. The quantitative estimate of drug-likeness (QED) is 0.410. The molecule has 0 saturated carbocycles. The summed E-state index contributed by atoms with van der Waals surface area (Å²) in [6, 6.07) is 0. The number of rotatable bonds is 5. The summed E-state index contributed by atoms with van der Waals surface area (Å²) in [5.41, 5.74) is 0. The van der Waals surface area contributed by atoms with E-state index in [1.165, 1.54) is 0 Å². The van der Waals surface area contributed by atoms with Crippen LogP contribution in [0, 0.1) is 0 Å². The van der Waals surface area contributed by atoms with Crippen molar-refractivity contribution in [2.24, 2.45) is 5.16 Å². The van der Waals surface area contributed by atoms with E-state index in [4.69, 9.17) is 0 Å². The summed E-state index contributed by atoms with van der Waals surface area (Å²) in [6.45, 7) is 5.08. The second-order valence-corrected chi connectivity index (χ2v) is 1.69. The van der Waals surface area contributed by atoms with Crippen molar-refractivity contribution >= 4 is 12.5 Å². The van der Waals surface area contributed by atoms with E-state index in [0.717, 1.165) is 6.42 Å². The molecule has 0 aliphatic heterocycles. The zero-order chi connectivity index (χ0) is 7.11. The lowest BCUT2D eigenvalue weighted by molar-refractivity contribution is -0.123. The first kappa shape index (κ1) is 8.14. The van der Waals surface area contributed by atoms with Crippen LogP contribution in [0.15, 0.2) is 5.16 Å². The summed E-state index contributed by atoms with van der Waals surface area (Å²) >= 11 is 0. The van der Waals surface area contributed by atoms with Crippen molar-refractivity contribution in [2.45, 2.75) is 19.8 Å². The lowest BCUT2D eigenvalue weighted by Crippen LogP contribution is -2.04. The van der Waals surface area contributed by atoms with Gasteiger partial charge in [0, 0.05) is 13.1 Å². The van der Waals surface area contributed by atoms with Crippen molar-refractivity contribution in [3.63, 3.8) is 0 Å². The number of carbonyl (C=O) groups is 1. The second-order valence-electron chi connectivity index (χ2n) is 1.69. The van der Waals surface area contributed by atoms with Crippen LogP contribution >= 0.6 is 0 Å². The van der Waals surface area contributed by atoms with Gasteiger partial charge in [0.1, 0.15) is 0 Å². The molecule has 0 aromatic rings. The predicted octanol–water partition coefficient (Wildman–Crippen LogP) is 0.988. The maximum Gasteiger partial charge on any atom is 0.175 e. The Morgan fingerprint density at radius 3 is 2.89 bits per heavy atom. The Bertz CT molecular complexity index is 101. The number of hydrogen-bond donors (Lipinski definition) is 0. The maximum atomic E-state index is 10.6. The molecule has 0 saturated heterocycles. The zero-order valence-electron chi connectivity index (χ0n) is 5.59. The Morgan fingerprint density at radius 1 is 1.78 bits per heavy atom. The van der Waals surface area contributed by atoms with Crippen LogP contribution in [0.5, 0.6) is 0 Å². The van der Waals surface area contributed by atoms with Crippen LogP contribution in [0.3, 0.4) is 0 Å². The highest BCUT2D eigenvalue weighted by Gasteiger charge is 1.97. The van der Waals surface area contributed by atoms with Gasteiger partial charge in [0.05, 0.1) is 0 Å². The van der Waals surface area contributed by atoms with Gasteiger partial charge in [-0.2, -0.15) is 0 Å². The Balaban J connectivity index is 3.16. The van der Waals surface area contributed by atoms with E-state index in [1.807, 2.05) is 6.92 Å². The van der Waals surface area contributed by atoms with Gasteiger partial charge in [-0.05, 0) is 6.42 Å². The van der Waals surface area contributed by atoms with Gasteiger partial charge in [-0.3, -0.25) is 4.79 Å². The largest absolute Gasteiger partial charge is 0.388 e. The van der Waals surface area contributed by atoms with E-state index in [-0.39, 0.29) is 12.4 Å². The van der Waals surface area contributed by atoms with Gasteiger partial charge in [-0.25, -0.2) is 0 Å². The molecule has 52 valence electrons. The van der Waals surface area contributed by atoms with E-state index in [9.17, 15) is 4.79 Å². The molecule has 3 nitrogen and oxygen atoms in total.